The van der Waals surface area contributed by atoms with Gasteiger partial charge in [0, 0.05) is 25.0 Å². The van der Waals surface area contributed by atoms with Crippen LogP contribution >= 0.6 is 46.9 Å². The van der Waals surface area contributed by atoms with E-state index in [4.69, 9.17) is 11.6 Å². The maximum atomic E-state index is 11.4. The van der Waals surface area contributed by atoms with Crippen molar-refractivity contribution in [2.24, 2.45) is 10.9 Å². The lowest BCUT2D eigenvalue weighted by Crippen LogP contribution is -2.41. The second-order valence-corrected chi connectivity index (χ2v) is 9.24. The third-order valence-electron chi connectivity index (χ3n) is 3.49. The summed E-state index contributed by atoms with van der Waals surface area (Å²) in [5.41, 5.74) is 0. The summed E-state index contributed by atoms with van der Waals surface area (Å²) in [5, 5.41) is 16.2. The van der Waals surface area contributed by atoms with E-state index in [1.165, 1.54) is 11.3 Å². The molecule has 1 aliphatic rings. The van der Waals surface area contributed by atoms with Crippen LogP contribution in [0.4, 0.5) is 0 Å². The van der Waals surface area contributed by atoms with Gasteiger partial charge >= 0.3 is 0 Å². The molecule has 0 saturated carbocycles. The normalized spacial score (nSPS) is 21.5. The molecule has 2 unspecified atom stereocenters. The number of hydrogen-bond donors (Lipinski definition) is 3. The summed E-state index contributed by atoms with van der Waals surface area (Å²) in [4.78, 5) is 4.85. The molecule has 0 spiro atoms. The minimum Gasteiger partial charge on any atom is -0.386 e. The van der Waals surface area contributed by atoms with Crippen LogP contribution in [0.15, 0.2) is 17.1 Å². The molecule has 1 aliphatic heterocycles. The van der Waals surface area contributed by atoms with E-state index >= 15 is 0 Å². The average molecular weight is 494 g/mol. The summed E-state index contributed by atoms with van der Waals surface area (Å²) >= 11 is 7.18. The summed E-state index contributed by atoms with van der Waals surface area (Å²) in [5.74, 6) is 1.16. The maximum Gasteiger partial charge on any atom is 0.191 e. The molecule has 0 aromatic carbocycles. The standard InChI is InChI=1S/C13H20ClN3O3S2.HI/c1-15-13(16-6-9-4-5-22(19,20)8-9)17-7-10(18)11-2-3-12(14)21-11;/h2-3,9-10,18H,4-8H2,1H3,(H2,15,16,17);1H. The molecule has 1 fully saturated rings. The van der Waals surface area contributed by atoms with Gasteiger partial charge in [0.25, 0.3) is 0 Å². The van der Waals surface area contributed by atoms with Gasteiger partial charge in [-0.05, 0) is 24.5 Å². The van der Waals surface area contributed by atoms with Gasteiger partial charge in [-0.15, -0.1) is 35.3 Å². The Morgan fingerprint density at radius 2 is 2.26 bits per heavy atom. The van der Waals surface area contributed by atoms with Crippen molar-refractivity contribution in [3.8, 4) is 0 Å². The number of thiophene rings is 1. The highest BCUT2D eigenvalue weighted by Crippen LogP contribution is 2.26. The number of nitrogens with zero attached hydrogens (tertiary/aromatic N) is 1. The number of aliphatic hydroxyl groups is 1. The number of hydrogen-bond acceptors (Lipinski definition) is 5. The predicted molar refractivity (Wildman–Crippen MR) is 106 cm³/mol. The van der Waals surface area contributed by atoms with Crippen LogP contribution < -0.4 is 10.6 Å². The zero-order valence-electron chi connectivity index (χ0n) is 12.7. The van der Waals surface area contributed by atoms with E-state index < -0.39 is 15.9 Å². The second kappa shape index (κ2) is 9.40. The molecule has 0 amide bonds. The molecule has 2 heterocycles. The summed E-state index contributed by atoms with van der Waals surface area (Å²) in [6, 6.07) is 3.54. The molecule has 6 nitrogen and oxygen atoms in total. The fraction of sp³-hybridized carbons (Fsp3) is 0.615. The number of aliphatic hydroxyl groups excluding tert-OH is 1. The fourth-order valence-electron chi connectivity index (χ4n) is 2.30. The van der Waals surface area contributed by atoms with Crippen LogP contribution in [0, 0.1) is 5.92 Å². The highest BCUT2D eigenvalue weighted by molar-refractivity contribution is 14.0. The third kappa shape index (κ3) is 6.73. The zero-order valence-corrected chi connectivity index (χ0v) is 17.4. The molecule has 132 valence electrons. The summed E-state index contributed by atoms with van der Waals surface area (Å²) in [6.07, 6.45) is 0.0192. The second-order valence-electron chi connectivity index (χ2n) is 5.26. The van der Waals surface area contributed by atoms with E-state index in [1.54, 1.807) is 19.2 Å². The SMILES string of the molecule is CN=C(NCC1CCS(=O)(=O)C1)NCC(O)c1ccc(Cl)s1.I. The lowest BCUT2D eigenvalue weighted by Gasteiger charge is -2.16. The highest BCUT2D eigenvalue weighted by atomic mass is 127. The number of nitrogens with one attached hydrogen (secondary N) is 2. The van der Waals surface area contributed by atoms with Crippen molar-refractivity contribution in [2.45, 2.75) is 12.5 Å². The van der Waals surface area contributed by atoms with Gasteiger partial charge in [0.05, 0.1) is 15.8 Å². The molecular formula is C13H21ClIN3O3S2. The molecule has 23 heavy (non-hydrogen) atoms. The van der Waals surface area contributed by atoms with Gasteiger partial charge < -0.3 is 15.7 Å². The molecular weight excluding hydrogens is 473 g/mol. The first-order chi connectivity index (χ1) is 10.4. The quantitative estimate of drug-likeness (QED) is 0.330. The summed E-state index contributed by atoms with van der Waals surface area (Å²) in [7, 11) is -1.23. The molecule has 3 N–H and O–H groups in total. The summed E-state index contributed by atoms with van der Waals surface area (Å²) in [6.45, 7) is 0.860. The van der Waals surface area contributed by atoms with Crippen molar-refractivity contribution in [1.82, 2.24) is 10.6 Å². The van der Waals surface area contributed by atoms with Crippen molar-refractivity contribution in [3.05, 3.63) is 21.3 Å². The molecule has 2 rings (SSSR count). The molecule has 1 aromatic heterocycles. The molecule has 2 atom stereocenters. The molecule has 1 aromatic rings. The minimum atomic E-state index is -2.86. The first-order valence-corrected chi connectivity index (χ1v) is 9.99. The van der Waals surface area contributed by atoms with Crippen molar-refractivity contribution in [2.75, 3.05) is 31.6 Å². The van der Waals surface area contributed by atoms with E-state index in [2.05, 4.69) is 15.6 Å². The Bertz CT molecular complexity index is 636. The smallest absolute Gasteiger partial charge is 0.191 e. The fourth-order valence-corrected chi connectivity index (χ4v) is 5.20. The van der Waals surface area contributed by atoms with E-state index in [0.717, 1.165) is 4.88 Å². The van der Waals surface area contributed by atoms with Crippen molar-refractivity contribution in [1.29, 1.82) is 0 Å². The van der Waals surface area contributed by atoms with Crippen LogP contribution in [0.25, 0.3) is 0 Å². The molecule has 0 bridgehead atoms. The van der Waals surface area contributed by atoms with Gasteiger partial charge in [-0.25, -0.2) is 8.42 Å². The van der Waals surface area contributed by atoms with Crippen molar-refractivity contribution >= 4 is 62.7 Å². The Balaban J connectivity index is 0.00000264. The lowest BCUT2D eigenvalue weighted by molar-refractivity contribution is 0.184. The Morgan fingerprint density at radius 1 is 1.52 bits per heavy atom. The minimum absolute atomic E-state index is 0. The van der Waals surface area contributed by atoms with E-state index in [0.29, 0.717) is 29.8 Å². The topological polar surface area (TPSA) is 90.8 Å². The van der Waals surface area contributed by atoms with Gasteiger partial charge in [0.15, 0.2) is 15.8 Å². The van der Waals surface area contributed by atoms with Gasteiger partial charge in [-0.2, -0.15) is 0 Å². The van der Waals surface area contributed by atoms with Gasteiger partial charge in [-0.3, -0.25) is 4.99 Å². The number of halogens is 2. The van der Waals surface area contributed by atoms with Crippen molar-refractivity contribution < 1.29 is 13.5 Å². The van der Waals surface area contributed by atoms with E-state index in [9.17, 15) is 13.5 Å². The van der Waals surface area contributed by atoms with Gasteiger partial charge in [0.2, 0.25) is 0 Å². The number of guanidine groups is 1. The maximum absolute atomic E-state index is 11.4. The zero-order chi connectivity index (χ0) is 16.2. The van der Waals surface area contributed by atoms with Crippen LogP contribution in [0.3, 0.4) is 0 Å². The average Bonchev–Trinajstić information content (AvgIpc) is 3.04. The van der Waals surface area contributed by atoms with Crippen LogP contribution in [0.2, 0.25) is 4.34 Å². The molecule has 10 heteroatoms. The number of rotatable bonds is 5. The Kier molecular flexibility index (Phi) is 8.56. The monoisotopic (exact) mass is 493 g/mol. The van der Waals surface area contributed by atoms with Crippen LogP contribution in [0.5, 0.6) is 0 Å². The number of sulfone groups is 1. The third-order valence-corrected chi connectivity index (χ3v) is 6.66. The van der Waals surface area contributed by atoms with Crippen molar-refractivity contribution in [3.63, 3.8) is 0 Å². The van der Waals surface area contributed by atoms with E-state index in [1.807, 2.05) is 0 Å². The lowest BCUT2D eigenvalue weighted by atomic mass is 10.1. The first-order valence-electron chi connectivity index (χ1n) is 6.98. The molecule has 0 aliphatic carbocycles. The largest absolute Gasteiger partial charge is 0.386 e. The van der Waals surface area contributed by atoms with Gasteiger partial charge in [-0.1, -0.05) is 11.6 Å². The summed E-state index contributed by atoms with van der Waals surface area (Å²) < 4.78 is 23.5. The van der Waals surface area contributed by atoms with Crippen LogP contribution in [-0.2, 0) is 9.84 Å². The van der Waals surface area contributed by atoms with Crippen LogP contribution in [-0.4, -0.2) is 51.1 Å². The Hall–Kier alpha value is -0.1000. The Morgan fingerprint density at radius 3 is 2.78 bits per heavy atom. The van der Waals surface area contributed by atoms with Gasteiger partial charge in [0.1, 0.15) is 6.10 Å². The van der Waals surface area contributed by atoms with Crippen LogP contribution in [0.1, 0.15) is 17.4 Å². The molecule has 1 saturated heterocycles. The van der Waals surface area contributed by atoms with E-state index in [-0.39, 0.29) is 41.4 Å². The first kappa shape index (κ1) is 20.9. The number of aliphatic imine (C=N–C) groups is 1. The molecule has 0 radical (unpaired) electrons. The highest BCUT2D eigenvalue weighted by Gasteiger charge is 2.27. The predicted octanol–water partition coefficient (Wildman–Crippen LogP) is 1.65. The Labute approximate surface area is 162 Å².